The molecular weight excluding hydrogens is 345 g/mol. The van der Waals surface area contributed by atoms with E-state index in [1.807, 2.05) is 35.2 Å². The topological polar surface area (TPSA) is 43.8 Å². The van der Waals surface area contributed by atoms with E-state index in [1.165, 1.54) is 17.0 Å². The van der Waals surface area contributed by atoms with Crippen LogP contribution in [-0.4, -0.2) is 35.2 Å². The number of halogens is 3. The first-order chi connectivity index (χ1) is 12.4. The Kier molecular flexibility index (Phi) is 5.06. The molecule has 3 rings (SSSR count). The Hall–Kier alpha value is -2.70. The van der Waals surface area contributed by atoms with Crippen LogP contribution >= 0.6 is 0 Å². The lowest BCUT2D eigenvalue weighted by molar-refractivity contribution is -0.137. The molecule has 1 aliphatic rings. The molecule has 2 aromatic carbocycles. The molecular formula is C19H19F3N2O2. The third-order valence-corrected chi connectivity index (χ3v) is 4.61. The maximum absolute atomic E-state index is 12.8. The minimum absolute atomic E-state index is 0.0183. The lowest BCUT2D eigenvalue weighted by Gasteiger charge is -2.39. The highest BCUT2D eigenvalue weighted by Gasteiger charge is 2.31. The molecule has 1 N–H and O–H groups in total. The molecule has 0 unspecified atom stereocenters. The maximum atomic E-state index is 12.8. The second-order valence-electron chi connectivity index (χ2n) is 6.25. The number of rotatable bonds is 3. The summed E-state index contributed by atoms with van der Waals surface area (Å²) in [4.78, 5) is 14.5. The SMILES string of the molecule is O=C(O)N1CCC(N(c2ccccc2)c2ccc(C(F)(F)F)cc2)CC1. The number of piperidine rings is 1. The van der Waals surface area contributed by atoms with Crippen molar-refractivity contribution in [1.29, 1.82) is 0 Å². The van der Waals surface area contributed by atoms with Crippen molar-refractivity contribution >= 4 is 17.5 Å². The standard InChI is InChI=1S/C19H19F3N2O2/c20-19(21,22)14-6-8-16(9-7-14)24(15-4-2-1-3-5-15)17-10-12-23(13-11-17)18(25)26/h1-9,17H,10-13H2,(H,25,26). The van der Waals surface area contributed by atoms with E-state index in [1.54, 1.807) is 0 Å². The molecule has 7 heteroatoms. The van der Waals surface area contributed by atoms with Crippen LogP contribution in [0, 0.1) is 0 Å². The number of benzene rings is 2. The molecule has 0 aliphatic carbocycles. The van der Waals surface area contributed by atoms with Crippen molar-refractivity contribution < 1.29 is 23.1 Å². The number of anilines is 2. The smallest absolute Gasteiger partial charge is 0.416 e. The molecule has 1 heterocycles. The summed E-state index contributed by atoms with van der Waals surface area (Å²) in [5, 5.41) is 9.11. The Morgan fingerprint density at radius 3 is 2.00 bits per heavy atom. The van der Waals surface area contributed by atoms with Crippen LogP contribution < -0.4 is 4.90 Å². The van der Waals surface area contributed by atoms with Gasteiger partial charge < -0.3 is 14.9 Å². The predicted octanol–water partition coefficient (Wildman–Crippen LogP) is 4.99. The fourth-order valence-electron chi connectivity index (χ4n) is 3.29. The molecule has 1 saturated heterocycles. The highest BCUT2D eigenvalue weighted by atomic mass is 19.4. The lowest BCUT2D eigenvalue weighted by atomic mass is 10.0. The van der Waals surface area contributed by atoms with E-state index in [-0.39, 0.29) is 6.04 Å². The summed E-state index contributed by atoms with van der Waals surface area (Å²) < 4.78 is 38.5. The molecule has 1 aliphatic heterocycles. The number of carbonyl (C=O) groups is 1. The van der Waals surface area contributed by atoms with Crippen molar-refractivity contribution in [2.24, 2.45) is 0 Å². The van der Waals surface area contributed by atoms with Gasteiger partial charge in [-0.3, -0.25) is 0 Å². The summed E-state index contributed by atoms with van der Waals surface area (Å²) in [6, 6.07) is 14.6. The Morgan fingerprint density at radius 2 is 1.50 bits per heavy atom. The molecule has 26 heavy (non-hydrogen) atoms. The van der Waals surface area contributed by atoms with Gasteiger partial charge in [-0.2, -0.15) is 13.2 Å². The number of alkyl halides is 3. The van der Waals surface area contributed by atoms with Crippen LogP contribution in [0.1, 0.15) is 18.4 Å². The molecule has 0 spiro atoms. The Bertz CT molecular complexity index is 740. The zero-order valence-corrected chi connectivity index (χ0v) is 14.0. The second-order valence-corrected chi connectivity index (χ2v) is 6.25. The van der Waals surface area contributed by atoms with Crippen molar-refractivity contribution in [3.05, 3.63) is 60.2 Å². The van der Waals surface area contributed by atoms with Gasteiger partial charge in [0.25, 0.3) is 0 Å². The molecule has 138 valence electrons. The molecule has 0 radical (unpaired) electrons. The quantitative estimate of drug-likeness (QED) is 0.835. The number of amides is 1. The van der Waals surface area contributed by atoms with Crippen molar-refractivity contribution in [3.63, 3.8) is 0 Å². The summed E-state index contributed by atoms with van der Waals surface area (Å²) in [5.41, 5.74) is 0.856. The monoisotopic (exact) mass is 364 g/mol. The molecule has 4 nitrogen and oxygen atoms in total. The summed E-state index contributed by atoms with van der Waals surface area (Å²) in [6.45, 7) is 0.813. The minimum atomic E-state index is -4.37. The molecule has 0 saturated carbocycles. The van der Waals surface area contributed by atoms with Crippen molar-refractivity contribution in [2.75, 3.05) is 18.0 Å². The molecule has 1 amide bonds. The van der Waals surface area contributed by atoms with Crippen LogP contribution in [0.5, 0.6) is 0 Å². The summed E-state index contributed by atoms with van der Waals surface area (Å²) in [6.07, 6.45) is -4.09. The number of likely N-dealkylation sites (tertiary alicyclic amines) is 1. The van der Waals surface area contributed by atoms with Gasteiger partial charge >= 0.3 is 12.3 Å². The number of para-hydroxylation sites is 1. The van der Waals surface area contributed by atoms with E-state index in [0.717, 1.165) is 17.8 Å². The maximum Gasteiger partial charge on any atom is 0.416 e. The second kappa shape index (κ2) is 7.27. The first kappa shape index (κ1) is 18.1. The van der Waals surface area contributed by atoms with Crippen LogP contribution in [0.3, 0.4) is 0 Å². The van der Waals surface area contributed by atoms with Crippen LogP contribution in [0.25, 0.3) is 0 Å². The van der Waals surface area contributed by atoms with Gasteiger partial charge in [-0.25, -0.2) is 4.79 Å². The first-order valence-electron chi connectivity index (χ1n) is 8.35. The van der Waals surface area contributed by atoms with Crippen molar-refractivity contribution in [1.82, 2.24) is 4.90 Å². The minimum Gasteiger partial charge on any atom is -0.465 e. The van der Waals surface area contributed by atoms with Crippen molar-refractivity contribution in [3.8, 4) is 0 Å². The van der Waals surface area contributed by atoms with Crippen LogP contribution in [0.15, 0.2) is 54.6 Å². The van der Waals surface area contributed by atoms with Crippen LogP contribution in [0.2, 0.25) is 0 Å². The zero-order chi connectivity index (χ0) is 18.7. The molecule has 0 atom stereocenters. The fourth-order valence-corrected chi connectivity index (χ4v) is 3.29. The average Bonchev–Trinajstić information content (AvgIpc) is 2.63. The lowest BCUT2D eigenvalue weighted by Crippen LogP contribution is -2.45. The highest BCUT2D eigenvalue weighted by Crippen LogP contribution is 2.35. The van der Waals surface area contributed by atoms with E-state index < -0.39 is 17.8 Å². The van der Waals surface area contributed by atoms with Gasteiger partial charge in [0.15, 0.2) is 0 Å². The van der Waals surface area contributed by atoms with Gasteiger partial charge in [0, 0.05) is 30.5 Å². The molecule has 2 aromatic rings. The first-order valence-corrected chi connectivity index (χ1v) is 8.35. The van der Waals surface area contributed by atoms with Gasteiger partial charge in [0.2, 0.25) is 0 Å². The molecule has 0 bridgehead atoms. The normalized spacial score (nSPS) is 15.7. The number of hydrogen-bond donors (Lipinski definition) is 1. The van der Waals surface area contributed by atoms with Gasteiger partial charge in [-0.1, -0.05) is 18.2 Å². The molecule has 1 fully saturated rings. The van der Waals surface area contributed by atoms with Crippen LogP contribution in [0.4, 0.5) is 29.3 Å². The average molecular weight is 364 g/mol. The fraction of sp³-hybridized carbons (Fsp3) is 0.316. The van der Waals surface area contributed by atoms with Gasteiger partial charge in [-0.05, 0) is 49.2 Å². The summed E-state index contributed by atoms with van der Waals surface area (Å²) >= 11 is 0. The third kappa shape index (κ3) is 3.92. The third-order valence-electron chi connectivity index (χ3n) is 4.61. The Labute approximate surface area is 149 Å². The van der Waals surface area contributed by atoms with Gasteiger partial charge in [0.05, 0.1) is 5.56 Å². The van der Waals surface area contributed by atoms with E-state index >= 15 is 0 Å². The predicted molar refractivity (Wildman–Crippen MR) is 92.6 cm³/mol. The molecule has 0 aromatic heterocycles. The Balaban J connectivity index is 1.89. The van der Waals surface area contributed by atoms with E-state index in [0.29, 0.717) is 31.6 Å². The zero-order valence-electron chi connectivity index (χ0n) is 14.0. The van der Waals surface area contributed by atoms with Crippen LogP contribution in [-0.2, 0) is 6.18 Å². The van der Waals surface area contributed by atoms with E-state index in [2.05, 4.69) is 0 Å². The summed E-state index contributed by atoms with van der Waals surface area (Å²) in [5.74, 6) is 0. The summed E-state index contributed by atoms with van der Waals surface area (Å²) in [7, 11) is 0. The highest BCUT2D eigenvalue weighted by molar-refractivity contribution is 5.66. The van der Waals surface area contributed by atoms with Gasteiger partial charge in [0.1, 0.15) is 0 Å². The van der Waals surface area contributed by atoms with Crippen molar-refractivity contribution in [2.45, 2.75) is 25.1 Å². The van der Waals surface area contributed by atoms with E-state index in [4.69, 9.17) is 5.11 Å². The Morgan fingerprint density at radius 1 is 0.962 bits per heavy atom. The van der Waals surface area contributed by atoms with E-state index in [9.17, 15) is 18.0 Å². The number of hydrogen-bond acceptors (Lipinski definition) is 2. The largest absolute Gasteiger partial charge is 0.465 e. The number of carboxylic acid groups (broad SMARTS) is 1. The number of nitrogens with zero attached hydrogens (tertiary/aromatic N) is 2. The van der Waals surface area contributed by atoms with Gasteiger partial charge in [-0.15, -0.1) is 0 Å².